The Bertz CT molecular complexity index is 708. The molecule has 0 saturated heterocycles. The molecule has 0 atom stereocenters. The summed E-state index contributed by atoms with van der Waals surface area (Å²) in [5.74, 6) is -0.997. The summed E-state index contributed by atoms with van der Waals surface area (Å²) in [5.41, 5.74) is 6.02. The summed E-state index contributed by atoms with van der Waals surface area (Å²) in [4.78, 5) is 33.6. The normalized spacial score (nSPS) is 10.4. The van der Waals surface area contributed by atoms with Gasteiger partial charge in [-0.15, -0.1) is 0 Å². The van der Waals surface area contributed by atoms with Gasteiger partial charge in [0.25, 0.3) is 5.91 Å². The number of hydroxylamine groups is 2. The Morgan fingerprint density at radius 2 is 1.59 bits per heavy atom. The maximum absolute atomic E-state index is 12.8. The highest BCUT2D eigenvalue weighted by molar-refractivity contribution is 5.93. The molecule has 2 N–H and O–H groups in total. The molecule has 0 aromatic heterocycles. The number of nitrogens with one attached hydrogen (secondary N) is 2. The van der Waals surface area contributed by atoms with E-state index in [-0.39, 0.29) is 5.91 Å². The van der Waals surface area contributed by atoms with Crippen molar-refractivity contribution in [3.8, 4) is 0 Å². The molecule has 0 radical (unpaired) electrons. The molecule has 2 aromatic carbocycles. The van der Waals surface area contributed by atoms with Gasteiger partial charge in [0.05, 0.1) is 13.2 Å². The van der Waals surface area contributed by atoms with Gasteiger partial charge in [-0.05, 0) is 42.7 Å². The van der Waals surface area contributed by atoms with Crippen LogP contribution in [0.25, 0.3) is 0 Å². The summed E-state index contributed by atoms with van der Waals surface area (Å²) < 4.78 is 12.8. The van der Waals surface area contributed by atoms with Gasteiger partial charge in [-0.3, -0.25) is 19.3 Å². The zero-order valence-corrected chi connectivity index (χ0v) is 14.9. The monoisotopic (exact) mass is 374 g/mol. The molecule has 144 valence electrons. The minimum absolute atomic E-state index is 0.170. The highest BCUT2D eigenvalue weighted by atomic mass is 19.1. The highest BCUT2D eigenvalue weighted by Crippen LogP contribution is 2.04. The van der Waals surface area contributed by atoms with Gasteiger partial charge >= 0.3 is 0 Å². The Kier molecular flexibility index (Phi) is 8.95. The molecular weight excluding hydrogens is 351 g/mol. The van der Waals surface area contributed by atoms with E-state index in [2.05, 4.69) is 11.0 Å². The van der Waals surface area contributed by atoms with Crippen LogP contribution in [-0.4, -0.2) is 18.4 Å². The summed E-state index contributed by atoms with van der Waals surface area (Å²) in [6.45, 7) is 0.660. The van der Waals surface area contributed by atoms with Gasteiger partial charge in [0.15, 0.2) is 0 Å². The van der Waals surface area contributed by atoms with E-state index in [0.717, 1.165) is 12.0 Å². The maximum Gasteiger partial charge on any atom is 0.274 e. The van der Waals surface area contributed by atoms with Crippen molar-refractivity contribution in [3.63, 3.8) is 0 Å². The number of carbonyl (C=O) groups is 2. The van der Waals surface area contributed by atoms with E-state index < -0.39 is 11.7 Å². The second kappa shape index (κ2) is 11.8. The number of hydrogen-bond donors (Lipinski definition) is 2. The Morgan fingerprint density at radius 1 is 0.852 bits per heavy atom. The first-order valence-electron chi connectivity index (χ1n) is 8.77. The summed E-state index contributed by atoms with van der Waals surface area (Å²) in [7, 11) is 0. The van der Waals surface area contributed by atoms with E-state index in [1.165, 1.54) is 24.3 Å². The molecule has 0 fully saturated rings. The fraction of sp³-hybridized carbons (Fsp3) is 0.300. The molecule has 0 aliphatic carbocycles. The second-order valence-corrected chi connectivity index (χ2v) is 5.90. The van der Waals surface area contributed by atoms with Crippen LogP contribution in [0.15, 0.2) is 54.6 Å². The van der Waals surface area contributed by atoms with Crippen LogP contribution in [0.4, 0.5) is 4.39 Å². The number of amides is 2. The lowest BCUT2D eigenvalue weighted by Crippen LogP contribution is -2.24. The van der Waals surface area contributed by atoms with Crippen LogP contribution in [0.2, 0.25) is 0 Å². The Hall–Kier alpha value is -2.77. The molecule has 0 aliphatic rings. The van der Waals surface area contributed by atoms with Crippen molar-refractivity contribution in [1.29, 1.82) is 0 Å². The minimum Gasteiger partial charge on any atom is -0.273 e. The molecule has 2 rings (SSSR count). The molecule has 2 aromatic rings. The SMILES string of the molecule is O=C(CCCCCONC(=O)c1ccc(F)cc1)NOCc1ccccc1. The van der Waals surface area contributed by atoms with E-state index in [9.17, 15) is 14.0 Å². The third kappa shape index (κ3) is 8.44. The molecule has 27 heavy (non-hydrogen) atoms. The molecule has 0 aliphatic heterocycles. The summed E-state index contributed by atoms with van der Waals surface area (Å²) >= 11 is 0. The number of rotatable bonds is 11. The van der Waals surface area contributed by atoms with Crippen molar-refractivity contribution in [2.75, 3.05) is 6.61 Å². The van der Waals surface area contributed by atoms with Crippen molar-refractivity contribution < 1.29 is 23.7 Å². The van der Waals surface area contributed by atoms with Crippen LogP contribution in [-0.2, 0) is 21.1 Å². The van der Waals surface area contributed by atoms with E-state index in [4.69, 9.17) is 9.68 Å². The Morgan fingerprint density at radius 3 is 2.33 bits per heavy atom. The lowest BCUT2D eigenvalue weighted by molar-refractivity contribution is -0.134. The van der Waals surface area contributed by atoms with E-state index >= 15 is 0 Å². The van der Waals surface area contributed by atoms with Gasteiger partial charge in [0.2, 0.25) is 5.91 Å². The van der Waals surface area contributed by atoms with Crippen LogP contribution in [0.5, 0.6) is 0 Å². The lowest BCUT2D eigenvalue weighted by Gasteiger charge is -2.07. The van der Waals surface area contributed by atoms with Crippen LogP contribution < -0.4 is 11.0 Å². The van der Waals surface area contributed by atoms with Crippen LogP contribution in [0.3, 0.4) is 0 Å². The van der Waals surface area contributed by atoms with Crippen molar-refractivity contribution in [2.24, 2.45) is 0 Å². The fourth-order valence-electron chi connectivity index (χ4n) is 2.24. The predicted octanol–water partition coefficient (Wildman–Crippen LogP) is 3.30. The van der Waals surface area contributed by atoms with Gasteiger partial charge < -0.3 is 0 Å². The maximum atomic E-state index is 12.8. The van der Waals surface area contributed by atoms with E-state index in [0.29, 0.717) is 38.0 Å². The van der Waals surface area contributed by atoms with Crippen molar-refractivity contribution in [3.05, 3.63) is 71.5 Å². The van der Waals surface area contributed by atoms with Crippen molar-refractivity contribution in [1.82, 2.24) is 11.0 Å². The quantitative estimate of drug-likeness (QED) is 0.467. The largest absolute Gasteiger partial charge is 0.274 e. The van der Waals surface area contributed by atoms with Gasteiger partial charge in [-0.25, -0.2) is 15.4 Å². The average Bonchev–Trinajstić information content (AvgIpc) is 2.68. The number of hydrogen-bond acceptors (Lipinski definition) is 4. The first kappa shape index (κ1) is 20.5. The Labute approximate surface area is 157 Å². The van der Waals surface area contributed by atoms with E-state index in [1.807, 2.05) is 30.3 Å². The summed E-state index contributed by atoms with van der Waals surface area (Å²) in [6.07, 6.45) is 2.52. The van der Waals surface area contributed by atoms with Gasteiger partial charge in [-0.1, -0.05) is 36.8 Å². The molecule has 2 amide bonds. The molecule has 0 bridgehead atoms. The van der Waals surface area contributed by atoms with Gasteiger partial charge in [-0.2, -0.15) is 0 Å². The summed E-state index contributed by atoms with van der Waals surface area (Å²) in [6, 6.07) is 14.8. The molecule has 0 spiro atoms. The third-order valence-electron chi connectivity index (χ3n) is 3.69. The predicted molar refractivity (Wildman–Crippen MR) is 97.7 cm³/mol. The van der Waals surface area contributed by atoms with Crippen molar-refractivity contribution >= 4 is 11.8 Å². The van der Waals surface area contributed by atoms with Crippen LogP contribution in [0.1, 0.15) is 41.6 Å². The molecule has 6 nitrogen and oxygen atoms in total. The minimum atomic E-state index is -0.426. The van der Waals surface area contributed by atoms with Crippen molar-refractivity contribution in [2.45, 2.75) is 32.3 Å². The number of halogens is 1. The molecule has 0 unspecified atom stereocenters. The van der Waals surface area contributed by atoms with Gasteiger partial charge in [0.1, 0.15) is 5.82 Å². The molecular formula is C20H23FN2O4. The first-order valence-corrected chi connectivity index (χ1v) is 8.77. The first-order chi connectivity index (χ1) is 13.1. The lowest BCUT2D eigenvalue weighted by atomic mass is 10.2. The standard InChI is InChI=1S/C20H23FN2O4/c21-18-12-10-17(11-13-18)20(25)23-26-14-6-2-5-9-19(24)22-27-15-16-7-3-1-4-8-16/h1,3-4,7-8,10-13H,2,5-6,9,14-15H2,(H,22,24)(H,23,25). The Balaban J connectivity index is 1.45. The smallest absolute Gasteiger partial charge is 0.273 e. The van der Waals surface area contributed by atoms with Crippen LogP contribution >= 0.6 is 0 Å². The molecule has 7 heteroatoms. The van der Waals surface area contributed by atoms with Gasteiger partial charge in [0, 0.05) is 12.0 Å². The zero-order chi connectivity index (χ0) is 19.3. The topological polar surface area (TPSA) is 76.7 Å². The van der Waals surface area contributed by atoms with Crippen LogP contribution in [0, 0.1) is 5.82 Å². The summed E-state index contributed by atoms with van der Waals surface area (Å²) in [5, 5.41) is 0. The average molecular weight is 374 g/mol. The number of unbranched alkanes of at least 4 members (excludes halogenated alkanes) is 2. The zero-order valence-electron chi connectivity index (χ0n) is 14.9. The number of benzene rings is 2. The third-order valence-corrected chi connectivity index (χ3v) is 3.69. The highest BCUT2D eigenvalue weighted by Gasteiger charge is 2.05. The molecule has 0 saturated carbocycles. The van der Waals surface area contributed by atoms with E-state index in [1.54, 1.807) is 0 Å². The number of carbonyl (C=O) groups excluding carboxylic acids is 2. The fourth-order valence-corrected chi connectivity index (χ4v) is 2.24. The second-order valence-electron chi connectivity index (χ2n) is 5.90. The molecule has 0 heterocycles.